The van der Waals surface area contributed by atoms with Crippen molar-refractivity contribution in [2.24, 2.45) is 0 Å². The highest BCUT2D eigenvalue weighted by Crippen LogP contribution is 2.31. The van der Waals surface area contributed by atoms with Gasteiger partial charge in [-0.3, -0.25) is 0 Å². The Kier molecular flexibility index (Phi) is 7.20. The summed E-state index contributed by atoms with van der Waals surface area (Å²) < 4.78 is 11.5. The van der Waals surface area contributed by atoms with E-state index in [1.165, 1.54) is 11.1 Å². The summed E-state index contributed by atoms with van der Waals surface area (Å²) in [6, 6.07) is 24.6. The van der Waals surface area contributed by atoms with Crippen LogP contribution in [0.3, 0.4) is 0 Å². The molecule has 3 aromatic rings. The Bertz CT molecular complexity index is 980. The number of rotatable bonds is 9. The lowest BCUT2D eigenvalue weighted by Crippen LogP contribution is -2.19. The average Bonchev–Trinajstić information content (AvgIpc) is 2.76. The maximum atomic E-state index is 6.00. The summed E-state index contributed by atoms with van der Waals surface area (Å²) in [7, 11) is 0. The Balaban J connectivity index is 1.60. The molecule has 0 aliphatic heterocycles. The van der Waals surface area contributed by atoms with Gasteiger partial charge in [-0.15, -0.1) is 6.42 Å². The Labute approximate surface area is 180 Å². The third-order valence-corrected chi connectivity index (χ3v) is 5.42. The summed E-state index contributed by atoms with van der Waals surface area (Å²) in [6.45, 7) is 6.86. The van der Waals surface area contributed by atoms with Crippen LogP contribution in [0.15, 0.2) is 72.8 Å². The maximum Gasteiger partial charge on any atom is 0.127 e. The molecule has 0 N–H and O–H groups in total. The fourth-order valence-electron chi connectivity index (χ4n) is 3.54. The summed E-state index contributed by atoms with van der Waals surface area (Å²) >= 11 is 0. The zero-order valence-electron chi connectivity index (χ0n) is 18.2. The molecule has 0 aliphatic rings. The van der Waals surface area contributed by atoms with Gasteiger partial charge in [0, 0.05) is 0 Å². The highest BCUT2D eigenvalue weighted by molar-refractivity contribution is 5.38. The average molecular weight is 399 g/mol. The molecule has 154 valence electrons. The first-order chi connectivity index (χ1) is 14.5. The molecule has 2 nitrogen and oxygen atoms in total. The number of ether oxygens (including phenoxy) is 2. The maximum absolute atomic E-state index is 6.00. The molecule has 0 saturated heterocycles. The molecule has 0 aromatic heterocycles. The minimum absolute atomic E-state index is 0.291. The van der Waals surface area contributed by atoms with Gasteiger partial charge in [0.1, 0.15) is 17.2 Å². The predicted molar refractivity (Wildman–Crippen MR) is 124 cm³/mol. The second kappa shape index (κ2) is 10.0. The predicted octanol–water partition coefficient (Wildman–Crippen LogP) is 7.10. The van der Waals surface area contributed by atoms with Gasteiger partial charge >= 0.3 is 0 Å². The van der Waals surface area contributed by atoms with Gasteiger partial charge < -0.3 is 9.47 Å². The molecule has 0 spiro atoms. The first kappa shape index (κ1) is 21.5. The van der Waals surface area contributed by atoms with Crippen molar-refractivity contribution in [2.75, 3.05) is 6.61 Å². The van der Waals surface area contributed by atoms with Gasteiger partial charge in [-0.25, -0.2) is 0 Å². The van der Waals surface area contributed by atoms with Crippen LogP contribution in [-0.2, 0) is 11.8 Å². The van der Waals surface area contributed by atoms with Gasteiger partial charge in [0.15, 0.2) is 0 Å². The van der Waals surface area contributed by atoms with Crippen molar-refractivity contribution < 1.29 is 9.47 Å². The van der Waals surface area contributed by atoms with E-state index in [4.69, 9.17) is 15.9 Å². The van der Waals surface area contributed by atoms with E-state index in [1.54, 1.807) is 0 Å². The van der Waals surface area contributed by atoms with Crippen molar-refractivity contribution >= 4 is 0 Å². The van der Waals surface area contributed by atoms with E-state index in [1.807, 2.05) is 43.3 Å². The van der Waals surface area contributed by atoms with Crippen LogP contribution in [0.1, 0.15) is 43.4 Å². The second-order valence-corrected chi connectivity index (χ2v) is 7.85. The minimum atomic E-state index is -0.291. The zero-order chi connectivity index (χ0) is 21.4. The molecule has 0 radical (unpaired) electrons. The van der Waals surface area contributed by atoms with Crippen molar-refractivity contribution in [2.45, 2.75) is 45.4 Å². The molecular formula is C28H30O2. The van der Waals surface area contributed by atoms with Gasteiger partial charge in [0.2, 0.25) is 0 Å². The number of hydrogen-bond acceptors (Lipinski definition) is 2. The molecule has 0 bridgehead atoms. The molecule has 3 rings (SSSR count). The fourth-order valence-corrected chi connectivity index (χ4v) is 3.54. The largest absolute Gasteiger partial charge is 0.494 e. The summed E-state index contributed by atoms with van der Waals surface area (Å²) in [4.78, 5) is 0. The lowest BCUT2D eigenvalue weighted by molar-refractivity contribution is 0.340. The molecule has 0 heterocycles. The molecule has 1 unspecified atom stereocenters. The molecule has 0 amide bonds. The third-order valence-electron chi connectivity index (χ3n) is 5.42. The van der Waals surface area contributed by atoms with Crippen LogP contribution < -0.4 is 9.47 Å². The molecule has 0 aliphatic carbocycles. The zero-order valence-corrected chi connectivity index (χ0v) is 18.2. The van der Waals surface area contributed by atoms with Crippen molar-refractivity contribution in [3.63, 3.8) is 0 Å². The van der Waals surface area contributed by atoms with Crippen LogP contribution in [-0.4, -0.2) is 6.61 Å². The first-order valence-electron chi connectivity index (χ1n) is 10.6. The molecule has 0 fully saturated rings. The number of benzene rings is 3. The van der Waals surface area contributed by atoms with E-state index in [0.717, 1.165) is 42.1 Å². The van der Waals surface area contributed by atoms with E-state index in [-0.39, 0.29) is 5.41 Å². The van der Waals surface area contributed by atoms with Crippen molar-refractivity contribution in [3.05, 3.63) is 89.5 Å². The van der Waals surface area contributed by atoms with Gasteiger partial charge in [-0.1, -0.05) is 47.9 Å². The Hall–Kier alpha value is -3.18. The van der Waals surface area contributed by atoms with Gasteiger partial charge in [-0.05, 0) is 87.6 Å². The van der Waals surface area contributed by atoms with Crippen molar-refractivity contribution in [3.8, 4) is 29.6 Å². The van der Waals surface area contributed by atoms with E-state index in [0.29, 0.717) is 6.61 Å². The standard InChI is InChI=1S/C28H30O2/c1-5-28(4,24-14-18-25(19-15-24)29-6-2)20-8-10-23-9-7-11-27(21-23)30-26-16-12-22(3)13-17-26/h1,7,9,11-19,21H,6,8,10,20H2,2-4H3. The minimum Gasteiger partial charge on any atom is -0.494 e. The topological polar surface area (TPSA) is 18.5 Å². The molecule has 0 saturated carbocycles. The normalized spacial score (nSPS) is 12.6. The Morgan fingerprint density at radius 3 is 2.27 bits per heavy atom. The van der Waals surface area contributed by atoms with Gasteiger partial charge in [0.05, 0.1) is 12.0 Å². The lowest BCUT2D eigenvalue weighted by atomic mass is 9.78. The van der Waals surface area contributed by atoms with Crippen LogP contribution in [0.25, 0.3) is 0 Å². The monoisotopic (exact) mass is 398 g/mol. The molecule has 3 aromatic carbocycles. The van der Waals surface area contributed by atoms with E-state index in [2.05, 4.69) is 56.2 Å². The van der Waals surface area contributed by atoms with Gasteiger partial charge in [-0.2, -0.15) is 0 Å². The Morgan fingerprint density at radius 2 is 1.60 bits per heavy atom. The molecule has 1 atom stereocenters. The quantitative estimate of drug-likeness (QED) is 0.358. The summed E-state index contributed by atoms with van der Waals surface area (Å²) in [5, 5.41) is 0. The van der Waals surface area contributed by atoms with E-state index in [9.17, 15) is 0 Å². The van der Waals surface area contributed by atoms with Gasteiger partial charge in [0.25, 0.3) is 0 Å². The molecule has 30 heavy (non-hydrogen) atoms. The highest BCUT2D eigenvalue weighted by atomic mass is 16.5. The second-order valence-electron chi connectivity index (χ2n) is 7.85. The van der Waals surface area contributed by atoms with E-state index < -0.39 is 0 Å². The van der Waals surface area contributed by atoms with Crippen LogP contribution in [0.4, 0.5) is 0 Å². The summed E-state index contributed by atoms with van der Waals surface area (Å²) in [6.07, 6.45) is 8.81. The number of terminal acetylenes is 1. The van der Waals surface area contributed by atoms with Crippen molar-refractivity contribution in [1.29, 1.82) is 0 Å². The fraction of sp³-hybridized carbons (Fsp3) is 0.286. The lowest BCUT2D eigenvalue weighted by Gasteiger charge is -2.24. The molecule has 2 heteroatoms. The smallest absolute Gasteiger partial charge is 0.127 e. The van der Waals surface area contributed by atoms with Crippen LogP contribution in [0.2, 0.25) is 0 Å². The molecular weight excluding hydrogens is 368 g/mol. The number of aryl methyl sites for hydroxylation is 2. The SMILES string of the molecule is C#CC(C)(CCCc1cccc(Oc2ccc(C)cc2)c1)c1ccc(OCC)cc1. The van der Waals surface area contributed by atoms with Crippen LogP contribution in [0.5, 0.6) is 17.2 Å². The summed E-state index contributed by atoms with van der Waals surface area (Å²) in [5.74, 6) is 5.61. The Morgan fingerprint density at radius 1 is 0.900 bits per heavy atom. The van der Waals surface area contributed by atoms with Crippen LogP contribution >= 0.6 is 0 Å². The van der Waals surface area contributed by atoms with E-state index >= 15 is 0 Å². The summed E-state index contributed by atoms with van der Waals surface area (Å²) in [5.41, 5.74) is 3.34. The number of hydrogen-bond donors (Lipinski definition) is 0. The third kappa shape index (κ3) is 5.67. The first-order valence-corrected chi connectivity index (χ1v) is 10.6. The van der Waals surface area contributed by atoms with Crippen LogP contribution in [0, 0.1) is 19.3 Å². The van der Waals surface area contributed by atoms with Crippen molar-refractivity contribution in [1.82, 2.24) is 0 Å². The highest BCUT2D eigenvalue weighted by Gasteiger charge is 2.23.